The van der Waals surface area contributed by atoms with E-state index in [1.807, 2.05) is 0 Å². The molecule has 1 aromatic rings. The van der Waals surface area contributed by atoms with Crippen LogP contribution in [0.2, 0.25) is 0 Å². The van der Waals surface area contributed by atoms with Crippen molar-refractivity contribution in [3.63, 3.8) is 0 Å². The van der Waals surface area contributed by atoms with Crippen molar-refractivity contribution in [3.05, 3.63) is 29.3 Å². The quantitative estimate of drug-likeness (QED) is 0.644. The van der Waals surface area contributed by atoms with E-state index in [0.717, 1.165) is 11.8 Å². The topological polar surface area (TPSA) is 54.4 Å². The number of ketones is 1. The molecule has 1 N–H and O–H groups in total. The van der Waals surface area contributed by atoms with Gasteiger partial charge in [0.15, 0.2) is 10.9 Å². The number of carbonyl (C=O) groups is 2. The lowest BCUT2D eigenvalue weighted by molar-refractivity contribution is -0.109. The first kappa shape index (κ1) is 13.3. The molecule has 0 radical (unpaired) electrons. The van der Waals surface area contributed by atoms with E-state index < -0.39 is 0 Å². The van der Waals surface area contributed by atoms with Crippen molar-refractivity contribution < 1.29 is 14.7 Å². The van der Waals surface area contributed by atoms with Crippen LogP contribution in [-0.4, -0.2) is 21.8 Å². The molecule has 0 unspecified atom stereocenters. The van der Waals surface area contributed by atoms with Crippen molar-refractivity contribution in [3.8, 4) is 17.6 Å². The van der Waals surface area contributed by atoms with E-state index >= 15 is 0 Å². The minimum atomic E-state index is -0.204. The summed E-state index contributed by atoms with van der Waals surface area (Å²) in [5.74, 6) is 5.83. The molecule has 88 valence electrons. The van der Waals surface area contributed by atoms with Crippen LogP contribution in [0.4, 0.5) is 0 Å². The fraction of sp³-hybridized carbons (Fsp3) is 0.231. The van der Waals surface area contributed by atoms with E-state index in [0.29, 0.717) is 11.3 Å². The molecular formula is C13H12O3S. The van der Waals surface area contributed by atoms with Gasteiger partial charge in [-0.3, -0.25) is 9.59 Å². The van der Waals surface area contributed by atoms with Crippen LogP contribution >= 0.6 is 11.8 Å². The molecule has 0 aliphatic rings. The summed E-state index contributed by atoms with van der Waals surface area (Å²) in [7, 11) is 0. The number of carbonyl (C=O) groups excluding carboxylic acids is 2. The molecule has 1 aromatic carbocycles. The third-order valence-corrected chi connectivity index (χ3v) is 2.65. The van der Waals surface area contributed by atoms with Crippen molar-refractivity contribution in [2.24, 2.45) is 0 Å². The van der Waals surface area contributed by atoms with Crippen molar-refractivity contribution in [1.82, 2.24) is 0 Å². The van der Waals surface area contributed by atoms with Crippen molar-refractivity contribution >= 4 is 22.7 Å². The zero-order valence-electron chi connectivity index (χ0n) is 9.61. The second-order valence-electron chi connectivity index (χ2n) is 3.37. The average Bonchev–Trinajstić information content (AvgIpc) is 2.25. The Morgan fingerprint density at radius 1 is 1.35 bits per heavy atom. The van der Waals surface area contributed by atoms with E-state index in [1.54, 1.807) is 12.1 Å². The minimum Gasteiger partial charge on any atom is -0.507 e. The lowest BCUT2D eigenvalue weighted by Crippen LogP contribution is -1.93. The summed E-state index contributed by atoms with van der Waals surface area (Å²) in [6, 6.07) is 4.62. The van der Waals surface area contributed by atoms with Gasteiger partial charge < -0.3 is 5.11 Å². The first-order valence-electron chi connectivity index (χ1n) is 4.97. The SMILES string of the molecule is CC(=O)SCC#Cc1ccc(O)c(C(C)=O)c1. The summed E-state index contributed by atoms with van der Waals surface area (Å²) in [5, 5.41) is 9.45. The highest BCUT2D eigenvalue weighted by molar-refractivity contribution is 8.13. The minimum absolute atomic E-state index is 0.0226. The molecule has 3 nitrogen and oxygen atoms in total. The van der Waals surface area contributed by atoms with E-state index in [2.05, 4.69) is 11.8 Å². The number of Topliss-reactive ketones (excluding diaryl/α,β-unsaturated/α-hetero) is 1. The summed E-state index contributed by atoms with van der Waals surface area (Å²) in [6.45, 7) is 2.87. The van der Waals surface area contributed by atoms with Crippen molar-refractivity contribution in [2.75, 3.05) is 5.75 Å². The Morgan fingerprint density at radius 2 is 2.06 bits per heavy atom. The van der Waals surface area contributed by atoms with E-state index in [-0.39, 0.29) is 22.2 Å². The smallest absolute Gasteiger partial charge is 0.186 e. The highest BCUT2D eigenvalue weighted by atomic mass is 32.2. The van der Waals surface area contributed by atoms with Gasteiger partial charge in [0, 0.05) is 12.5 Å². The molecule has 0 amide bonds. The number of aromatic hydroxyl groups is 1. The summed E-state index contributed by atoms with van der Waals surface area (Å²) >= 11 is 1.14. The van der Waals surface area contributed by atoms with Crippen LogP contribution in [0, 0.1) is 11.8 Å². The zero-order chi connectivity index (χ0) is 12.8. The Bertz CT molecular complexity index is 509. The summed E-state index contributed by atoms with van der Waals surface area (Å²) in [5.41, 5.74) is 0.910. The fourth-order valence-corrected chi connectivity index (χ4v) is 1.52. The van der Waals surface area contributed by atoms with E-state index in [9.17, 15) is 14.7 Å². The van der Waals surface area contributed by atoms with E-state index in [4.69, 9.17) is 0 Å². The van der Waals surface area contributed by atoms with Crippen LogP contribution < -0.4 is 0 Å². The molecular weight excluding hydrogens is 236 g/mol. The van der Waals surface area contributed by atoms with Crippen LogP contribution in [-0.2, 0) is 4.79 Å². The molecule has 0 spiro atoms. The highest BCUT2D eigenvalue weighted by Crippen LogP contribution is 2.18. The van der Waals surface area contributed by atoms with Gasteiger partial charge in [-0.25, -0.2) is 0 Å². The maximum Gasteiger partial charge on any atom is 0.186 e. The number of phenols is 1. The first-order chi connectivity index (χ1) is 8.00. The molecule has 1 rings (SSSR count). The Kier molecular flexibility index (Phi) is 4.80. The molecule has 0 bridgehead atoms. The van der Waals surface area contributed by atoms with Crippen LogP contribution in [0.25, 0.3) is 0 Å². The molecule has 0 saturated carbocycles. The summed E-state index contributed by atoms with van der Waals surface area (Å²) in [6.07, 6.45) is 0. The fourth-order valence-electron chi connectivity index (χ4n) is 1.17. The normalized spacial score (nSPS) is 9.29. The van der Waals surface area contributed by atoms with Crippen LogP contribution in [0.15, 0.2) is 18.2 Å². The number of benzene rings is 1. The predicted molar refractivity (Wildman–Crippen MR) is 68.1 cm³/mol. The zero-order valence-corrected chi connectivity index (χ0v) is 10.4. The third kappa shape index (κ3) is 4.33. The molecule has 0 aliphatic heterocycles. The molecule has 17 heavy (non-hydrogen) atoms. The number of hydrogen-bond acceptors (Lipinski definition) is 4. The Morgan fingerprint density at radius 3 is 2.65 bits per heavy atom. The van der Waals surface area contributed by atoms with Crippen molar-refractivity contribution in [1.29, 1.82) is 0 Å². The second-order valence-corrected chi connectivity index (χ2v) is 4.52. The van der Waals surface area contributed by atoms with Gasteiger partial charge in [-0.05, 0) is 25.1 Å². The van der Waals surface area contributed by atoms with Gasteiger partial charge in [0.1, 0.15) is 5.75 Å². The number of thioether (sulfide) groups is 1. The van der Waals surface area contributed by atoms with Crippen LogP contribution in [0.3, 0.4) is 0 Å². The standard InChI is InChI=1S/C13H12O3S/c1-9(14)12-8-11(5-6-13(12)16)4-3-7-17-10(2)15/h5-6,8,16H,7H2,1-2H3. The Balaban J connectivity index is 2.82. The molecule has 0 aromatic heterocycles. The van der Waals surface area contributed by atoms with Crippen LogP contribution in [0.5, 0.6) is 5.75 Å². The maximum atomic E-state index is 11.2. The van der Waals surface area contributed by atoms with Gasteiger partial charge in [-0.1, -0.05) is 23.6 Å². The average molecular weight is 248 g/mol. The van der Waals surface area contributed by atoms with Crippen LogP contribution in [0.1, 0.15) is 29.8 Å². The molecule has 4 heteroatoms. The van der Waals surface area contributed by atoms with Gasteiger partial charge in [-0.2, -0.15) is 0 Å². The van der Waals surface area contributed by atoms with Gasteiger partial charge in [0.25, 0.3) is 0 Å². The Hall–Kier alpha value is -1.73. The molecule has 0 fully saturated rings. The second kappa shape index (κ2) is 6.12. The molecule has 0 atom stereocenters. The highest BCUT2D eigenvalue weighted by Gasteiger charge is 2.05. The molecule has 0 heterocycles. The predicted octanol–water partition coefficient (Wildman–Crippen LogP) is 2.23. The van der Waals surface area contributed by atoms with Gasteiger partial charge in [0.2, 0.25) is 0 Å². The van der Waals surface area contributed by atoms with E-state index in [1.165, 1.54) is 19.9 Å². The summed E-state index contributed by atoms with van der Waals surface area (Å²) < 4.78 is 0. The molecule has 0 aliphatic carbocycles. The van der Waals surface area contributed by atoms with Crippen molar-refractivity contribution in [2.45, 2.75) is 13.8 Å². The largest absolute Gasteiger partial charge is 0.507 e. The Labute approximate surface area is 104 Å². The third-order valence-electron chi connectivity index (χ3n) is 1.96. The van der Waals surface area contributed by atoms with Gasteiger partial charge >= 0.3 is 0 Å². The monoisotopic (exact) mass is 248 g/mol. The summed E-state index contributed by atoms with van der Waals surface area (Å²) in [4.78, 5) is 21.8. The number of hydrogen-bond donors (Lipinski definition) is 1. The van der Waals surface area contributed by atoms with Gasteiger partial charge in [-0.15, -0.1) is 0 Å². The number of phenolic OH excluding ortho intramolecular Hbond substituents is 1. The van der Waals surface area contributed by atoms with Gasteiger partial charge in [0.05, 0.1) is 11.3 Å². The molecule has 0 saturated heterocycles. The maximum absolute atomic E-state index is 11.2. The lowest BCUT2D eigenvalue weighted by Gasteiger charge is -2.00. The lowest BCUT2D eigenvalue weighted by atomic mass is 10.1. The first-order valence-corrected chi connectivity index (χ1v) is 5.95. The number of rotatable bonds is 2.